The van der Waals surface area contributed by atoms with Crippen LogP contribution in [0.3, 0.4) is 0 Å². The molecule has 0 aliphatic carbocycles. The van der Waals surface area contributed by atoms with Gasteiger partial charge >= 0.3 is 5.97 Å². The number of carbonyl (C=O) groups is 2. The van der Waals surface area contributed by atoms with Gasteiger partial charge in [-0.2, -0.15) is 0 Å². The van der Waals surface area contributed by atoms with Gasteiger partial charge < -0.3 is 15.3 Å². The lowest BCUT2D eigenvalue weighted by atomic mass is 10.2. The summed E-state index contributed by atoms with van der Waals surface area (Å²) in [6, 6.07) is 6.05. The van der Waals surface area contributed by atoms with Gasteiger partial charge in [-0.1, -0.05) is 0 Å². The number of carbonyl (C=O) groups excluding carboxylic acids is 1. The maximum Gasteiger partial charge on any atom is 0.325 e. The smallest absolute Gasteiger partial charge is 0.325 e. The molecular formula is C12H16N2O3. The predicted octanol–water partition coefficient (Wildman–Crippen LogP) is 1.27. The van der Waals surface area contributed by atoms with Crippen molar-refractivity contribution in [3.63, 3.8) is 0 Å². The van der Waals surface area contributed by atoms with Gasteiger partial charge in [0.25, 0.3) is 5.91 Å². The van der Waals surface area contributed by atoms with Gasteiger partial charge in [0, 0.05) is 25.3 Å². The Hall–Kier alpha value is -2.04. The van der Waals surface area contributed by atoms with Crippen molar-refractivity contribution in [2.24, 2.45) is 0 Å². The minimum absolute atomic E-state index is 0.0807. The highest BCUT2D eigenvalue weighted by Crippen LogP contribution is 2.11. The number of nitrogens with zero attached hydrogens (tertiary/aromatic N) is 1. The number of rotatable bonds is 4. The zero-order valence-corrected chi connectivity index (χ0v) is 10.1. The first-order valence-electron chi connectivity index (χ1n) is 5.23. The van der Waals surface area contributed by atoms with Crippen LogP contribution < -0.4 is 5.32 Å². The van der Waals surface area contributed by atoms with Crippen molar-refractivity contribution in [1.29, 1.82) is 0 Å². The molecule has 1 aromatic carbocycles. The van der Waals surface area contributed by atoms with Gasteiger partial charge in [-0.15, -0.1) is 0 Å². The molecule has 5 nitrogen and oxygen atoms in total. The number of anilines is 1. The van der Waals surface area contributed by atoms with E-state index >= 15 is 0 Å². The first-order valence-corrected chi connectivity index (χ1v) is 5.23. The number of carboxylic acid groups (broad SMARTS) is 1. The van der Waals surface area contributed by atoms with Crippen LogP contribution >= 0.6 is 0 Å². The fourth-order valence-electron chi connectivity index (χ4n) is 1.28. The topological polar surface area (TPSA) is 69.6 Å². The Kier molecular flexibility index (Phi) is 4.09. The lowest BCUT2D eigenvalue weighted by Gasteiger charge is -2.13. The third kappa shape index (κ3) is 3.48. The standard InChI is InChI=1S/C12H16N2O3/c1-8(12(16)17)13-10-6-4-9(5-7-10)11(15)14(2)3/h4-8,13H,1-3H3,(H,16,17). The Morgan fingerprint density at radius 3 is 2.18 bits per heavy atom. The van der Waals surface area contributed by atoms with E-state index in [1.54, 1.807) is 45.3 Å². The fourth-order valence-corrected chi connectivity index (χ4v) is 1.28. The summed E-state index contributed by atoms with van der Waals surface area (Å²) in [4.78, 5) is 23.7. The van der Waals surface area contributed by atoms with E-state index in [1.807, 2.05) is 0 Å². The molecule has 0 heterocycles. The highest BCUT2D eigenvalue weighted by molar-refractivity contribution is 5.94. The maximum absolute atomic E-state index is 11.6. The van der Waals surface area contributed by atoms with Crippen molar-refractivity contribution in [2.45, 2.75) is 13.0 Å². The molecule has 92 valence electrons. The normalized spacial score (nSPS) is 11.7. The van der Waals surface area contributed by atoms with Crippen LogP contribution in [0.2, 0.25) is 0 Å². The third-order valence-electron chi connectivity index (χ3n) is 2.29. The monoisotopic (exact) mass is 236 g/mol. The van der Waals surface area contributed by atoms with Gasteiger partial charge in [-0.05, 0) is 31.2 Å². The van der Waals surface area contributed by atoms with Crippen LogP contribution in [-0.2, 0) is 4.79 Å². The second kappa shape index (κ2) is 5.34. The van der Waals surface area contributed by atoms with E-state index in [0.717, 1.165) is 0 Å². The number of amides is 1. The van der Waals surface area contributed by atoms with Gasteiger partial charge in [-0.3, -0.25) is 9.59 Å². The van der Waals surface area contributed by atoms with E-state index in [0.29, 0.717) is 11.3 Å². The van der Waals surface area contributed by atoms with Crippen LogP contribution in [0.5, 0.6) is 0 Å². The summed E-state index contributed by atoms with van der Waals surface area (Å²) >= 11 is 0. The predicted molar refractivity (Wildman–Crippen MR) is 65.2 cm³/mol. The van der Waals surface area contributed by atoms with Gasteiger partial charge in [0.1, 0.15) is 6.04 Å². The van der Waals surface area contributed by atoms with Crippen LogP contribution in [0, 0.1) is 0 Å². The van der Waals surface area contributed by atoms with E-state index in [4.69, 9.17) is 5.11 Å². The molecule has 0 bridgehead atoms. The molecule has 0 aliphatic heterocycles. The van der Waals surface area contributed by atoms with Crippen LogP contribution in [0.15, 0.2) is 24.3 Å². The summed E-state index contributed by atoms with van der Waals surface area (Å²) < 4.78 is 0. The summed E-state index contributed by atoms with van der Waals surface area (Å²) in [5, 5.41) is 11.5. The molecule has 0 saturated carbocycles. The Balaban J connectivity index is 2.75. The summed E-state index contributed by atoms with van der Waals surface area (Å²) in [6.07, 6.45) is 0. The zero-order chi connectivity index (χ0) is 13.0. The number of carboxylic acids is 1. The zero-order valence-electron chi connectivity index (χ0n) is 10.1. The number of hydrogen-bond acceptors (Lipinski definition) is 3. The Morgan fingerprint density at radius 1 is 1.24 bits per heavy atom. The maximum atomic E-state index is 11.6. The van der Waals surface area contributed by atoms with Crippen LogP contribution in [0.25, 0.3) is 0 Å². The molecule has 0 aromatic heterocycles. The Bertz CT molecular complexity index is 412. The SMILES string of the molecule is CC(Nc1ccc(C(=O)N(C)C)cc1)C(=O)O. The molecule has 0 radical (unpaired) electrons. The minimum Gasteiger partial charge on any atom is -0.480 e. The average Bonchev–Trinajstić information content (AvgIpc) is 2.28. The third-order valence-corrected chi connectivity index (χ3v) is 2.29. The molecule has 0 aliphatic rings. The molecule has 2 N–H and O–H groups in total. The second-order valence-electron chi connectivity index (χ2n) is 3.98. The van der Waals surface area contributed by atoms with Gasteiger partial charge in [0.2, 0.25) is 0 Å². The van der Waals surface area contributed by atoms with Crippen molar-refractivity contribution in [2.75, 3.05) is 19.4 Å². The van der Waals surface area contributed by atoms with Gasteiger partial charge in [-0.25, -0.2) is 0 Å². The number of nitrogens with one attached hydrogen (secondary N) is 1. The summed E-state index contributed by atoms with van der Waals surface area (Å²) in [5.74, 6) is -0.999. The molecule has 0 spiro atoms. The fraction of sp³-hybridized carbons (Fsp3) is 0.333. The van der Waals surface area contributed by atoms with Gasteiger partial charge in [0.15, 0.2) is 0 Å². The van der Waals surface area contributed by atoms with E-state index in [9.17, 15) is 9.59 Å². The number of hydrogen-bond donors (Lipinski definition) is 2. The highest BCUT2D eigenvalue weighted by atomic mass is 16.4. The van der Waals surface area contributed by atoms with E-state index in [1.165, 1.54) is 4.90 Å². The quantitative estimate of drug-likeness (QED) is 0.826. The number of benzene rings is 1. The van der Waals surface area contributed by atoms with E-state index in [-0.39, 0.29) is 5.91 Å². The highest BCUT2D eigenvalue weighted by Gasteiger charge is 2.11. The summed E-state index contributed by atoms with van der Waals surface area (Å²) in [7, 11) is 3.36. The van der Waals surface area contributed by atoms with Crippen molar-refractivity contribution >= 4 is 17.6 Å². The van der Waals surface area contributed by atoms with Crippen molar-refractivity contribution in [1.82, 2.24) is 4.90 Å². The van der Waals surface area contributed by atoms with Crippen molar-refractivity contribution in [3.8, 4) is 0 Å². The van der Waals surface area contributed by atoms with E-state index in [2.05, 4.69) is 5.32 Å². The molecule has 1 amide bonds. The largest absolute Gasteiger partial charge is 0.480 e. The molecule has 17 heavy (non-hydrogen) atoms. The molecule has 5 heteroatoms. The van der Waals surface area contributed by atoms with Crippen molar-refractivity contribution < 1.29 is 14.7 Å². The average molecular weight is 236 g/mol. The molecule has 1 rings (SSSR count). The van der Waals surface area contributed by atoms with Crippen molar-refractivity contribution in [3.05, 3.63) is 29.8 Å². The van der Waals surface area contributed by atoms with Gasteiger partial charge in [0.05, 0.1) is 0 Å². The first-order chi connectivity index (χ1) is 7.91. The Labute approximate surface area is 100 Å². The van der Waals surface area contributed by atoms with Crippen LogP contribution in [0.4, 0.5) is 5.69 Å². The molecule has 0 fully saturated rings. The number of aliphatic carboxylic acids is 1. The lowest BCUT2D eigenvalue weighted by Crippen LogP contribution is -2.25. The molecule has 1 aromatic rings. The van der Waals surface area contributed by atoms with E-state index < -0.39 is 12.0 Å². The molecular weight excluding hydrogens is 220 g/mol. The van der Waals surface area contributed by atoms with Crippen LogP contribution in [0.1, 0.15) is 17.3 Å². The lowest BCUT2D eigenvalue weighted by molar-refractivity contribution is -0.137. The summed E-state index contributed by atoms with van der Waals surface area (Å²) in [5.41, 5.74) is 1.25. The Morgan fingerprint density at radius 2 is 1.76 bits per heavy atom. The molecule has 1 unspecified atom stereocenters. The molecule has 1 atom stereocenters. The second-order valence-corrected chi connectivity index (χ2v) is 3.98. The summed E-state index contributed by atoms with van der Waals surface area (Å²) in [6.45, 7) is 1.56. The first kappa shape index (κ1) is 13.0. The molecule has 0 saturated heterocycles. The van der Waals surface area contributed by atoms with Crippen LogP contribution in [-0.4, -0.2) is 42.0 Å². The minimum atomic E-state index is -0.918.